The number of nitrogens with zero attached hydrogens (tertiary/aromatic N) is 3. The lowest BCUT2D eigenvalue weighted by Gasteiger charge is -2.05. The van der Waals surface area contributed by atoms with Gasteiger partial charge in [0.25, 0.3) is 0 Å². The number of rotatable bonds is 3. The van der Waals surface area contributed by atoms with Crippen molar-refractivity contribution in [2.75, 3.05) is 0 Å². The normalized spacial score (nSPS) is 11.3. The van der Waals surface area contributed by atoms with Crippen LogP contribution in [0.25, 0.3) is 11.0 Å². The molecule has 0 saturated heterocycles. The summed E-state index contributed by atoms with van der Waals surface area (Å²) in [4.78, 5) is 3.26. The van der Waals surface area contributed by atoms with Crippen LogP contribution in [-0.2, 0) is 20.0 Å². The zero-order valence-electron chi connectivity index (χ0n) is 11.1. The molecule has 3 rings (SSSR count). The molecule has 1 aromatic carbocycles. The number of benzene rings is 1. The molecular formula is C14H16N4S. The fourth-order valence-electron chi connectivity index (χ4n) is 2.44. The molecule has 0 bridgehead atoms. The number of hydrogen-bond donors (Lipinski definition) is 1. The van der Waals surface area contributed by atoms with E-state index in [1.54, 1.807) is 0 Å². The molecule has 0 fully saturated rings. The first-order valence-electron chi connectivity index (χ1n) is 6.32. The van der Waals surface area contributed by atoms with Crippen LogP contribution in [0.15, 0.2) is 30.5 Å². The van der Waals surface area contributed by atoms with Crippen molar-refractivity contribution in [2.45, 2.75) is 19.9 Å². The second kappa shape index (κ2) is 4.66. The molecule has 1 N–H and O–H groups in total. The van der Waals surface area contributed by atoms with Crippen LogP contribution in [0.1, 0.15) is 11.3 Å². The highest BCUT2D eigenvalue weighted by Gasteiger charge is 2.07. The van der Waals surface area contributed by atoms with Crippen molar-refractivity contribution in [3.63, 3.8) is 0 Å². The third-order valence-electron chi connectivity index (χ3n) is 3.35. The van der Waals surface area contributed by atoms with E-state index in [2.05, 4.69) is 33.7 Å². The van der Waals surface area contributed by atoms with E-state index < -0.39 is 0 Å². The largest absolute Gasteiger partial charge is 0.331 e. The zero-order valence-corrected chi connectivity index (χ0v) is 11.9. The first-order valence-corrected chi connectivity index (χ1v) is 6.72. The van der Waals surface area contributed by atoms with Gasteiger partial charge in [0.05, 0.1) is 16.7 Å². The van der Waals surface area contributed by atoms with E-state index in [1.807, 2.05) is 30.1 Å². The highest BCUT2D eigenvalue weighted by molar-refractivity contribution is 7.71. The number of fused-ring (bicyclic) bond motifs is 1. The summed E-state index contributed by atoms with van der Waals surface area (Å²) in [6, 6.07) is 8.27. The predicted octanol–water partition coefficient (Wildman–Crippen LogP) is 2.98. The summed E-state index contributed by atoms with van der Waals surface area (Å²) in [6.45, 7) is 2.96. The fraction of sp³-hybridized carbons (Fsp3) is 0.286. The highest BCUT2D eigenvalue weighted by Crippen LogP contribution is 2.18. The van der Waals surface area contributed by atoms with Crippen molar-refractivity contribution in [1.82, 2.24) is 19.3 Å². The Labute approximate surface area is 116 Å². The Morgan fingerprint density at radius 2 is 2.16 bits per heavy atom. The molecule has 19 heavy (non-hydrogen) atoms. The Kier molecular flexibility index (Phi) is 2.98. The van der Waals surface area contributed by atoms with Crippen molar-refractivity contribution < 1.29 is 0 Å². The Morgan fingerprint density at radius 3 is 2.89 bits per heavy atom. The molecule has 0 unspecified atom stereocenters. The molecule has 2 heterocycles. The highest BCUT2D eigenvalue weighted by atomic mass is 32.1. The number of para-hydroxylation sites is 1. The summed E-state index contributed by atoms with van der Waals surface area (Å²) >= 11 is 5.41. The van der Waals surface area contributed by atoms with E-state index >= 15 is 0 Å². The van der Waals surface area contributed by atoms with Gasteiger partial charge in [-0.2, -0.15) is 5.10 Å². The Bertz CT molecular complexity index is 778. The molecule has 0 aliphatic rings. The molecule has 0 saturated carbocycles. The van der Waals surface area contributed by atoms with Gasteiger partial charge >= 0.3 is 0 Å². The fourth-order valence-corrected chi connectivity index (χ4v) is 2.73. The third-order valence-corrected chi connectivity index (χ3v) is 3.68. The Hall–Kier alpha value is -1.88. The van der Waals surface area contributed by atoms with Gasteiger partial charge in [-0.15, -0.1) is 0 Å². The van der Waals surface area contributed by atoms with Gasteiger partial charge in [0.1, 0.15) is 0 Å². The van der Waals surface area contributed by atoms with Gasteiger partial charge in [0.15, 0.2) is 4.77 Å². The van der Waals surface area contributed by atoms with E-state index in [0.29, 0.717) is 0 Å². The SMILES string of the molecule is Cc1cccc2[nH]c(=S)n(CCc3ccn(C)n3)c12. The molecule has 0 spiro atoms. The minimum atomic E-state index is 0.778. The lowest BCUT2D eigenvalue weighted by atomic mass is 10.2. The second-order valence-electron chi connectivity index (χ2n) is 4.78. The van der Waals surface area contributed by atoms with Gasteiger partial charge in [-0.05, 0) is 36.8 Å². The maximum atomic E-state index is 5.41. The Balaban J connectivity index is 1.96. The number of H-pyrrole nitrogens is 1. The van der Waals surface area contributed by atoms with Crippen molar-refractivity contribution in [3.8, 4) is 0 Å². The maximum absolute atomic E-state index is 5.41. The van der Waals surface area contributed by atoms with Gasteiger partial charge < -0.3 is 9.55 Å². The summed E-state index contributed by atoms with van der Waals surface area (Å²) in [5.41, 5.74) is 4.63. The zero-order chi connectivity index (χ0) is 13.4. The lowest BCUT2D eigenvalue weighted by Crippen LogP contribution is -2.03. The molecule has 98 valence electrons. The summed E-state index contributed by atoms with van der Waals surface area (Å²) in [6.07, 6.45) is 2.85. The third kappa shape index (κ3) is 2.21. The first kappa shape index (κ1) is 12.2. The first-order chi connectivity index (χ1) is 9.15. The molecule has 5 heteroatoms. The number of aryl methyl sites for hydroxylation is 4. The van der Waals surface area contributed by atoms with Crippen LogP contribution >= 0.6 is 12.2 Å². The van der Waals surface area contributed by atoms with Crippen molar-refractivity contribution in [1.29, 1.82) is 0 Å². The van der Waals surface area contributed by atoms with Gasteiger partial charge in [0.2, 0.25) is 0 Å². The number of hydrogen-bond acceptors (Lipinski definition) is 2. The minimum Gasteiger partial charge on any atom is -0.331 e. The van der Waals surface area contributed by atoms with Crippen LogP contribution in [0, 0.1) is 11.7 Å². The quantitative estimate of drug-likeness (QED) is 0.744. The van der Waals surface area contributed by atoms with Crippen molar-refractivity contribution in [3.05, 3.63) is 46.5 Å². The molecular weight excluding hydrogens is 256 g/mol. The average molecular weight is 272 g/mol. The molecule has 0 amide bonds. The summed E-state index contributed by atoms with van der Waals surface area (Å²) < 4.78 is 4.77. The van der Waals surface area contributed by atoms with E-state index in [-0.39, 0.29) is 0 Å². The molecule has 0 aliphatic heterocycles. The molecule has 2 aromatic heterocycles. The van der Waals surface area contributed by atoms with E-state index in [0.717, 1.165) is 28.9 Å². The lowest BCUT2D eigenvalue weighted by molar-refractivity contribution is 0.671. The predicted molar refractivity (Wildman–Crippen MR) is 78.8 cm³/mol. The number of aromatic amines is 1. The van der Waals surface area contributed by atoms with Crippen LogP contribution < -0.4 is 0 Å². The molecule has 0 aliphatic carbocycles. The van der Waals surface area contributed by atoms with E-state index in [1.165, 1.54) is 11.1 Å². The van der Waals surface area contributed by atoms with Crippen LogP contribution in [0.4, 0.5) is 0 Å². The van der Waals surface area contributed by atoms with Crippen molar-refractivity contribution >= 4 is 23.3 Å². The summed E-state index contributed by atoms with van der Waals surface area (Å²) in [7, 11) is 1.94. The molecule has 0 atom stereocenters. The second-order valence-corrected chi connectivity index (χ2v) is 5.17. The summed E-state index contributed by atoms with van der Waals surface area (Å²) in [5.74, 6) is 0. The van der Waals surface area contributed by atoms with Crippen LogP contribution in [0.2, 0.25) is 0 Å². The molecule has 3 aromatic rings. The van der Waals surface area contributed by atoms with E-state index in [4.69, 9.17) is 12.2 Å². The number of imidazole rings is 1. The van der Waals surface area contributed by atoms with Gasteiger partial charge in [-0.1, -0.05) is 12.1 Å². The van der Waals surface area contributed by atoms with Crippen molar-refractivity contribution in [2.24, 2.45) is 7.05 Å². The van der Waals surface area contributed by atoms with Gasteiger partial charge in [0, 0.05) is 26.2 Å². The standard InChI is InChI=1S/C14H16N4S/c1-10-4-3-5-12-13(10)18(14(19)15-12)9-7-11-6-8-17(2)16-11/h3-6,8H,7,9H2,1-2H3,(H,15,19). The summed E-state index contributed by atoms with van der Waals surface area (Å²) in [5, 5.41) is 4.40. The molecule has 0 radical (unpaired) electrons. The Morgan fingerprint density at radius 1 is 1.32 bits per heavy atom. The minimum absolute atomic E-state index is 0.778. The van der Waals surface area contributed by atoms with Crippen LogP contribution in [0.3, 0.4) is 0 Å². The van der Waals surface area contributed by atoms with Crippen LogP contribution in [0.5, 0.6) is 0 Å². The number of nitrogens with one attached hydrogen (secondary N) is 1. The monoisotopic (exact) mass is 272 g/mol. The average Bonchev–Trinajstić information content (AvgIpc) is 2.91. The molecule has 4 nitrogen and oxygen atoms in total. The maximum Gasteiger partial charge on any atom is 0.178 e. The van der Waals surface area contributed by atoms with E-state index in [9.17, 15) is 0 Å². The smallest absolute Gasteiger partial charge is 0.178 e. The topological polar surface area (TPSA) is 38.5 Å². The van der Waals surface area contributed by atoms with Gasteiger partial charge in [-0.3, -0.25) is 4.68 Å². The number of aromatic nitrogens is 4. The van der Waals surface area contributed by atoms with Gasteiger partial charge in [-0.25, -0.2) is 0 Å². The van der Waals surface area contributed by atoms with Crippen LogP contribution in [-0.4, -0.2) is 19.3 Å².